The second kappa shape index (κ2) is 8.78. The predicted molar refractivity (Wildman–Crippen MR) is 146 cm³/mol. The standard InChI is InChI=1S/C27H28F2IN5O/c28-27(29)8-13-35(14-9-27)25-19-16-32-10-3-17(19)15-21(33-25)22-20(30)2-1-18(24(31)36)23(22)34-11-6-26(4-5-26)7-12-34/h1-3,10,15-16H,4-9,11-14H2,(H2,31,36). The Hall–Kier alpha value is -2.56. The number of fused-ring (bicyclic) bond motifs is 1. The molecule has 2 aromatic heterocycles. The number of hydrogen-bond donors (Lipinski definition) is 1. The molecule has 2 aliphatic heterocycles. The lowest BCUT2D eigenvalue weighted by atomic mass is 9.91. The van der Waals surface area contributed by atoms with Crippen LogP contribution in [0.25, 0.3) is 22.0 Å². The molecule has 0 unspecified atom stereocenters. The zero-order chi connectivity index (χ0) is 25.1. The van der Waals surface area contributed by atoms with Gasteiger partial charge in [0.1, 0.15) is 5.82 Å². The van der Waals surface area contributed by atoms with Crippen molar-refractivity contribution in [1.29, 1.82) is 0 Å². The number of piperidine rings is 2. The number of aromatic nitrogens is 2. The highest BCUT2D eigenvalue weighted by atomic mass is 127. The number of alkyl halides is 2. The largest absolute Gasteiger partial charge is 0.370 e. The molecule has 36 heavy (non-hydrogen) atoms. The molecule has 9 heteroatoms. The van der Waals surface area contributed by atoms with Gasteiger partial charge in [-0.3, -0.25) is 9.78 Å². The van der Waals surface area contributed by atoms with Gasteiger partial charge in [0.2, 0.25) is 0 Å². The van der Waals surface area contributed by atoms with E-state index in [4.69, 9.17) is 10.7 Å². The van der Waals surface area contributed by atoms with Crippen molar-refractivity contribution in [2.45, 2.75) is 44.4 Å². The van der Waals surface area contributed by atoms with Gasteiger partial charge in [0.15, 0.2) is 0 Å². The van der Waals surface area contributed by atoms with E-state index in [1.54, 1.807) is 12.4 Å². The topological polar surface area (TPSA) is 75.4 Å². The first kappa shape index (κ1) is 23.8. The summed E-state index contributed by atoms with van der Waals surface area (Å²) in [5.41, 5.74) is 9.28. The molecule has 1 aliphatic carbocycles. The van der Waals surface area contributed by atoms with Gasteiger partial charge in [-0.25, -0.2) is 13.8 Å². The third-order valence-corrected chi connectivity index (χ3v) is 9.05. The molecule has 0 radical (unpaired) electrons. The molecule has 3 fully saturated rings. The molecule has 6 rings (SSSR count). The average molecular weight is 603 g/mol. The summed E-state index contributed by atoms with van der Waals surface area (Å²) in [5.74, 6) is -2.45. The quantitative estimate of drug-likeness (QED) is 0.393. The van der Waals surface area contributed by atoms with Crippen LogP contribution in [0.3, 0.4) is 0 Å². The van der Waals surface area contributed by atoms with E-state index in [1.165, 1.54) is 12.8 Å². The summed E-state index contributed by atoms with van der Waals surface area (Å²) in [6.45, 7) is 2.21. The Labute approximate surface area is 222 Å². The van der Waals surface area contributed by atoms with Crippen molar-refractivity contribution in [3.8, 4) is 11.3 Å². The molecule has 4 heterocycles. The number of primary amides is 1. The Morgan fingerprint density at radius 1 is 0.972 bits per heavy atom. The van der Waals surface area contributed by atoms with Crippen LogP contribution in [-0.4, -0.2) is 48.0 Å². The third-order valence-electron chi connectivity index (χ3n) is 8.15. The Morgan fingerprint density at radius 3 is 2.33 bits per heavy atom. The van der Waals surface area contributed by atoms with Crippen molar-refractivity contribution in [3.63, 3.8) is 0 Å². The second-order valence-electron chi connectivity index (χ2n) is 10.4. The van der Waals surface area contributed by atoms with Gasteiger partial charge in [0, 0.05) is 65.9 Å². The van der Waals surface area contributed by atoms with Crippen molar-refractivity contribution >= 4 is 50.8 Å². The highest BCUT2D eigenvalue weighted by Gasteiger charge is 2.45. The van der Waals surface area contributed by atoms with E-state index in [0.717, 1.165) is 57.2 Å². The zero-order valence-electron chi connectivity index (χ0n) is 19.9. The number of hydrogen-bond acceptors (Lipinski definition) is 5. The summed E-state index contributed by atoms with van der Waals surface area (Å²) >= 11 is 2.30. The van der Waals surface area contributed by atoms with E-state index in [9.17, 15) is 13.6 Å². The fourth-order valence-corrected chi connectivity index (χ4v) is 6.42. The number of rotatable bonds is 4. The van der Waals surface area contributed by atoms with Crippen LogP contribution in [0.5, 0.6) is 0 Å². The van der Waals surface area contributed by atoms with Gasteiger partial charge in [-0.05, 0) is 83.3 Å². The normalized spacial score (nSPS) is 20.6. The summed E-state index contributed by atoms with van der Waals surface area (Å²) < 4.78 is 28.8. The Morgan fingerprint density at radius 2 is 1.67 bits per heavy atom. The minimum absolute atomic E-state index is 0.198. The molecule has 188 valence electrons. The number of halogens is 3. The molecule has 0 atom stereocenters. The number of nitrogens with zero attached hydrogens (tertiary/aromatic N) is 4. The fourth-order valence-electron chi connectivity index (χ4n) is 5.71. The Balaban J connectivity index is 1.50. The summed E-state index contributed by atoms with van der Waals surface area (Å²) in [4.78, 5) is 26.1. The fraction of sp³-hybridized carbons (Fsp3) is 0.444. The van der Waals surface area contributed by atoms with Gasteiger partial charge < -0.3 is 15.5 Å². The third kappa shape index (κ3) is 4.29. The molecular formula is C27H28F2IN5O. The average Bonchev–Trinajstić information content (AvgIpc) is 3.62. The van der Waals surface area contributed by atoms with Crippen molar-refractivity contribution < 1.29 is 13.6 Å². The molecule has 6 nitrogen and oxygen atoms in total. The molecule has 1 spiro atoms. The van der Waals surface area contributed by atoms with E-state index in [1.807, 2.05) is 29.2 Å². The van der Waals surface area contributed by atoms with Crippen molar-refractivity contribution in [1.82, 2.24) is 9.97 Å². The molecule has 2 saturated heterocycles. The molecule has 0 bridgehead atoms. The minimum atomic E-state index is -2.65. The predicted octanol–water partition coefficient (Wildman–Crippen LogP) is 5.62. The maximum atomic E-state index is 13.9. The first-order valence-corrected chi connectivity index (χ1v) is 13.6. The second-order valence-corrected chi connectivity index (χ2v) is 11.6. The van der Waals surface area contributed by atoms with E-state index in [-0.39, 0.29) is 25.9 Å². The van der Waals surface area contributed by atoms with Gasteiger partial charge in [0.25, 0.3) is 11.8 Å². The Kier molecular flexibility index (Phi) is 5.81. The minimum Gasteiger partial charge on any atom is -0.370 e. The SMILES string of the molecule is NC(=O)c1ccc(I)c(-c2cc3ccncc3c(N3CCC(F)(F)CC3)n2)c1N1CCC2(CC1)CC2. The number of anilines is 2. The number of pyridine rings is 2. The maximum absolute atomic E-state index is 13.9. The Bertz CT molecular complexity index is 1340. The van der Waals surface area contributed by atoms with Crippen LogP contribution in [0.15, 0.2) is 36.7 Å². The highest BCUT2D eigenvalue weighted by molar-refractivity contribution is 14.1. The van der Waals surface area contributed by atoms with Crippen LogP contribution < -0.4 is 15.5 Å². The number of benzene rings is 1. The molecule has 1 amide bonds. The lowest BCUT2D eigenvalue weighted by Gasteiger charge is -2.36. The van der Waals surface area contributed by atoms with Crippen LogP contribution >= 0.6 is 22.6 Å². The molecule has 3 aliphatic rings. The summed E-state index contributed by atoms with van der Waals surface area (Å²) in [6.07, 6.45) is 7.89. The van der Waals surface area contributed by atoms with Crippen molar-refractivity contribution in [2.75, 3.05) is 36.0 Å². The zero-order valence-corrected chi connectivity index (χ0v) is 22.1. The van der Waals surface area contributed by atoms with Crippen LogP contribution in [0.1, 0.15) is 48.9 Å². The number of carbonyl (C=O) groups is 1. The van der Waals surface area contributed by atoms with E-state index < -0.39 is 11.8 Å². The first-order valence-electron chi connectivity index (χ1n) is 12.5. The van der Waals surface area contributed by atoms with E-state index in [2.05, 4.69) is 32.5 Å². The van der Waals surface area contributed by atoms with Gasteiger partial charge in [0.05, 0.1) is 16.9 Å². The van der Waals surface area contributed by atoms with Crippen LogP contribution in [0.4, 0.5) is 20.3 Å². The molecule has 3 aromatic rings. The van der Waals surface area contributed by atoms with Crippen molar-refractivity contribution in [3.05, 3.63) is 45.8 Å². The van der Waals surface area contributed by atoms with Crippen molar-refractivity contribution in [2.24, 2.45) is 11.1 Å². The lowest BCUT2D eigenvalue weighted by molar-refractivity contribution is -0.0221. The summed E-state index contributed by atoms with van der Waals surface area (Å²) in [5, 5.41) is 1.77. The van der Waals surface area contributed by atoms with E-state index in [0.29, 0.717) is 16.8 Å². The number of amides is 1. The summed E-state index contributed by atoms with van der Waals surface area (Å²) in [6, 6.07) is 7.65. The summed E-state index contributed by atoms with van der Waals surface area (Å²) in [7, 11) is 0. The molecule has 1 saturated carbocycles. The monoisotopic (exact) mass is 603 g/mol. The smallest absolute Gasteiger partial charge is 0.251 e. The molecule has 2 N–H and O–H groups in total. The molecular weight excluding hydrogens is 575 g/mol. The van der Waals surface area contributed by atoms with Gasteiger partial charge in [-0.2, -0.15) is 0 Å². The highest BCUT2D eigenvalue weighted by Crippen LogP contribution is 2.54. The number of nitrogens with two attached hydrogens (primary N) is 1. The number of carbonyl (C=O) groups excluding carboxylic acids is 1. The lowest BCUT2D eigenvalue weighted by Crippen LogP contribution is -2.40. The van der Waals surface area contributed by atoms with E-state index >= 15 is 0 Å². The van der Waals surface area contributed by atoms with Gasteiger partial charge >= 0.3 is 0 Å². The van der Waals surface area contributed by atoms with Gasteiger partial charge in [-0.1, -0.05) is 0 Å². The van der Waals surface area contributed by atoms with Crippen LogP contribution in [0, 0.1) is 8.99 Å². The van der Waals surface area contributed by atoms with Gasteiger partial charge in [-0.15, -0.1) is 0 Å². The first-order chi connectivity index (χ1) is 17.3. The van der Waals surface area contributed by atoms with Crippen LogP contribution in [-0.2, 0) is 0 Å². The molecule has 1 aromatic carbocycles. The maximum Gasteiger partial charge on any atom is 0.251 e. The van der Waals surface area contributed by atoms with Crippen LogP contribution in [0.2, 0.25) is 0 Å².